The number of nitro groups is 1. The van der Waals surface area contributed by atoms with Crippen molar-refractivity contribution in [3.63, 3.8) is 0 Å². The summed E-state index contributed by atoms with van der Waals surface area (Å²) >= 11 is 0. The molecule has 0 aliphatic heterocycles. The summed E-state index contributed by atoms with van der Waals surface area (Å²) in [4.78, 5) is 44.0. The lowest BCUT2D eigenvalue weighted by molar-refractivity contribution is -0.384. The number of anilines is 1. The van der Waals surface area contributed by atoms with Crippen LogP contribution in [0.4, 0.5) is 11.5 Å². The van der Waals surface area contributed by atoms with E-state index in [1.54, 1.807) is 37.3 Å². The molecule has 144 valence electrons. The molecule has 9 heteroatoms. The van der Waals surface area contributed by atoms with Crippen molar-refractivity contribution >= 4 is 39.3 Å². The zero-order valence-electron chi connectivity index (χ0n) is 15.2. The molecule has 1 N–H and O–H groups in total. The van der Waals surface area contributed by atoms with E-state index >= 15 is 0 Å². The molecule has 2 aromatic heterocycles. The van der Waals surface area contributed by atoms with Gasteiger partial charge in [0, 0.05) is 29.5 Å². The first-order chi connectivity index (χ1) is 14.0. The molecule has 4 aromatic rings. The second-order valence-electron chi connectivity index (χ2n) is 6.21. The quantitative estimate of drug-likeness (QED) is 0.244. The Morgan fingerprint density at radius 2 is 1.97 bits per heavy atom. The molecule has 0 aliphatic carbocycles. The van der Waals surface area contributed by atoms with Gasteiger partial charge in [0.25, 0.3) is 5.69 Å². The van der Waals surface area contributed by atoms with Crippen LogP contribution in [0.15, 0.2) is 57.7 Å². The minimum Gasteiger partial charge on any atom is -0.422 e. The number of para-hydroxylation sites is 1. The lowest BCUT2D eigenvalue weighted by atomic mass is 10.1. The van der Waals surface area contributed by atoms with Crippen LogP contribution in [0.3, 0.4) is 0 Å². The Labute approximate surface area is 163 Å². The van der Waals surface area contributed by atoms with Gasteiger partial charge in [-0.2, -0.15) is 0 Å². The number of carbonyl (C=O) groups excluding carboxylic acids is 1. The van der Waals surface area contributed by atoms with Crippen LogP contribution in [-0.4, -0.2) is 20.8 Å². The van der Waals surface area contributed by atoms with Gasteiger partial charge in [0.05, 0.1) is 10.4 Å². The summed E-state index contributed by atoms with van der Waals surface area (Å²) in [6.45, 7) is 1.66. The summed E-state index contributed by atoms with van der Waals surface area (Å²) in [6, 6.07) is 12.7. The topological polar surface area (TPSA) is 128 Å². The molecule has 0 fully saturated rings. The van der Waals surface area contributed by atoms with Gasteiger partial charge in [-0.25, -0.2) is 14.8 Å². The molecule has 0 atom stereocenters. The van der Waals surface area contributed by atoms with Crippen LogP contribution in [-0.2, 0) is 4.79 Å². The van der Waals surface area contributed by atoms with E-state index in [9.17, 15) is 19.7 Å². The van der Waals surface area contributed by atoms with Gasteiger partial charge in [-0.15, -0.1) is 0 Å². The summed E-state index contributed by atoms with van der Waals surface area (Å²) < 4.78 is 5.35. The highest BCUT2D eigenvalue weighted by Crippen LogP contribution is 2.29. The Hall–Kier alpha value is -4.14. The molecule has 9 nitrogen and oxygen atoms in total. The first kappa shape index (κ1) is 18.2. The molecule has 0 saturated heterocycles. The maximum atomic E-state index is 12.6. The number of nitrogens with one attached hydrogen (secondary N) is 1. The van der Waals surface area contributed by atoms with Gasteiger partial charge in [0.2, 0.25) is 5.91 Å². The number of rotatable bonds is 4. The molecule has 2 aromatic carbocycles. The van der Waals surface area contributed by atoms with Crippen LogP contribution in [0.2, 0.25) is 0 Å². The number of non-ortho nitro benzene ring substituents is 1. The number of nitro benzene ring substituents is 1. The highest BCUT2D eigenvalue weighted by Gasteiger charge is 2.19. The summed E-state index contributed by atoms with van der Waals surface area (Å²) in [5, 5.41) is 14.3. The third-order valence-electron chi connectivity index (χ3n) is 4.35. The normalized spacial score (nSPS) is 10.9. The smallest absolute Gasteiger partial charge is 0.349 e. The van der Waals surface area contributed by atoms with Crippen LogP contribution in [0.1, 0.15) is 13.3 Å². The Morgan fingerprint density at radius 1 is 1.17 bits per heavy atom. The largest absolute Gasteiger partial charge is 0.422 e. The minimum atomic E-state index is -0.685. The molecule has 0 unspecified atom stereocenters. The number of nitrogens with zero attached hydrogens (tertiary/aromatic N) is 3. The Kier molecular flexibility index (Phi) is 4.47. The number of hydrogen-bond donors (Lipinski definition) is 1. The minimum absolute atomic E-state index is 0.00265. The van der Waals surface area contributed by atoms with Crippen LogP contribution in [0.5, 0.6) is 0 Å². The number of carbonyl (C=O) groups is 1. The number of fused-ring (bicyclic) bond motifs is 3. The Bertz CT molecular complexity index is 1350. The van der Waals surface area contributed by atoms with Crippen molar-refractivity contribution in [2.75, 3.05) is 5.32 Å². The summed E-state index contributed by atoms with van der Waals surface area (Å²) in [6.07, 6.45) is 0.177. The molecular weight excluding hydrogens is 376 g/mol. The van der Waals surface area contributed by atoms with E-state index in [2.05, 4.69) is 15.3 Å². The monoisotopic (exact) mass is 390 g/mol. The molecular formula is C20H14N4O5. The van der Waals surface area contributed by atoms with E-state index in [-0.39, 0.29) is 35.0 Å². The first-order valence-corrected chi connectivity index (χ1v) is 8.76. The highest BCUT2D eigenvalue weighted by atomic mass is 16.6. The van der Waals surface area contributed by atoms with E-state index in [4.69, 9.17) is 4.42 Å². The van der Waals surface area contributed by atoms with Crippen LogP contribution in [0.25, 0.3) is 33.3 Å². The molecule has 0 aliphatic rings. The molecule has 2 heterocycles. The number of amides is 1. The molecule has 0 saturated carbocycles. The van der Waals surface area contributed by atoms with E-state index in [1.165, 1.54) is 18.2 Å². The summed E-state index contributed by atoms with van der Waals surface area (Å²) in [5.74, 6) is -0.200. The van der Waals surface area contributed by atoms with Crippen molar-refractivity contribution in [1.82, 2.24) is 9.97 Å². The predicted octanol–water partition coefficient (Wildman–Crippen LogP) is 3.66. The maximum Gasteiger partial charge on any atom is 0.349 e. The van der Waals surface area contributed by atoms with Crippen molar-refractivity contribution in [3.05, 3.63) is 69.1 Å². The predicted molar refractivity (Wildman–Crippen MR) is 107 cm³/mol. The molecule has 4 rings (SSSR count). The zero-order chi connectivity index (χ0) is 20.5. The second-order valence-corrected chi connectivity index (χ2v) is 6.21. The highest BCUT2D eigenvalue weighted by molar-refractivity contribution is 6.08. The number of aromatic nitrogens is 2. The average Bonchev–Trinajstić information content (AvgIpc) is 2.73. The van der Waals surface area contributed by atoms with E-state index in [0.29, 0.717) is 22.0 Å². The fraction of sp³-hybridized carbons (Fsp3) is 0.100. The van der Waals surface area contributed by atoms with Crippen molar-refractivity contribution in [3.8, 4) is 11.4 Å². The van der Waals surface area contributed by atoms with Crippen molar-refractivity contribution in [2.24, 2.45) is 0 Å². The molecule has 29 heavy (non-hydrogen) atoms. The van der Waals surface area contributed by atoms with E-state index < -0.39 is 10.5 Å². The average molecular weight is 390 g/mol. The number of hydrogen-bond acceptors (Lipinski definition) is 7. The lowest BCUT2D eigenvalue weighted by Crippen LogP contribution is -2.15. The summed E-state index contributed by atoms with van der Waals surface area (Å²) in [5.41, 5.74) is 0.199. The number of benzene rings is 2. The van der Waals surface area contributed by atoms with Crippen LogP contribution in [0, 0.1) is 10.1 Å². The van der Waals surface area contributed by atoms with E-state index in [1.807, 2.05) is 0 Å². The Morgan fingerprint density at radius 3 is 2.72 bits per heavy atom. The van der Waals surface area contributed by atoms with Gasteiger partial charge >= 0.3 is 5.63 Å². The Balaban J connectivity index is 2.07. The molecule has 0 spiro atoms. The third-order valence-corrected chi connectivity index (χ3v) is 4.35. The second kappa shape index (κ2) is 7.12. The van der Waals surface area contributed by atoms with Gasteiger partial charge in [-0.3, -0.25) is 14.9 Å². The lowest BCUT2D eigenvalue weighted by Gasteiger charge is -2.10. The molecule has 0 radical (unpaired) electrons. The van der Waals surface area contributed by atoms with Crippen LogP contribution >= 0.6 is 0 Å². The molecule has 0 bridgehead atoms. The standard InChI is InChI=1S/C20H14N4O5/c1-2-15(25)21-19-16-17(13-8-3-4-9-14(13)29-20(16)26)22-18(23-19)11-6-5-7-12(10-11)24(27)28/h3-10H,2H2,1H3,(H,21,22,23,25). The van der Waals surface area contributed by atoms with Gasteiger partial charge in [-0.05, 0) is 12.1 Å². The van der Waals surface area contributed by atoms with Gasteiger partial charge in [0.15, 0.2) is 11.6 Å². The summed E-state index contributed by atoms with van der Waals surface area (Å²) in [7, 11) is 0. The van der Waals surface area contributed by atoms with Gasteiger partial charge in [0.1, 0.15) is 11.0 Å². The maximum absolute atomic E-state index is 12.6. The first-order valence-electron chi connectivity index (χ1n) is 8.76. The SMILES string of the molecule is CCC(=O)Nc1nc(-c2cccc([N+](=O)[O-])c2)nc2c1c(=O)oc1ccccc12. The van der Waals surface area contributed by atoms with Crippen molar-refractivity contribution in [2.45, 2.75) is 13.3 Å². The molecule has 1 amide bonds. The third kappa shape index (κ3) is 3.29. The van der Waals surface area contributed by atoms with Crippen molar-refractivity contribution < 1.29 is 14.1 Å². The van der Waals surface area contributed by atoms with E-state index in [0.717, 1.165) is 0 Å². The van der Waals surface area contributed by atoms with Crippen LogP contribution < -0.4 is 10.9 Å². The van der Waals surface area contributed by atoms with Gasteiger partial charge < -0.3 is 9.73 Å². The zero-order valence-corrected chi connectivity index (χ0v) is 15.2. The van der Waals surface area contributed by atoms with Crippen molar-refractivity contribution in [1.29, 1.82) is 0 Å². The fourth-order valence-corrected chi connectivity index (χ4v) is 2.95. The van der Waals surface area contributed by atoms with Gasteiger partial charge in [-0.1, -0.05) is 31.2 Å². The fourth-order valence-electron chi connectivity index (χ4n) is 2.95.